The smallest absolute Gasteiger partial charge is 0.321 e. The number of nitrogens with zero attached hydrogens (tertiary/aromatic N) is 6. The van der Waals surface area contributed by atoms with E-state index < -0.39 is 0 Å². The van der Waals surface area contributed by atoms with E-state index in [1.165, 1.54) is 7.11 Å². The second-order valence-electron chi connectivity index (χ2n) is 6.05. The largest absolute Gasteiger partial charge is 0.467 e. The molecule has 2 heterocycles. The van der Waals surface area contributed by atoms with Crippen LogP contribution in [0.3, 0.4) is 0 Å². The lowest BCUT2D eigenvalue weighted by atomic mass is 10.1. The average Bonchev–Trinajstić information content (AvgIpc) is 3.19. The van der Waals surface area contributed by atoms with Gasteiger partial charge in [0.25, 0.3) is 5.91 Å². The van der Waals surface area contributed by atoms with Gasteiger partial charge in [-0.2, -0.15) is 15.0 Å². The van der Waals surface area contributed by atoms with Crippen molar-refractivity contribution in [2.24, 2.45) is 0 Å². The highest BCUT2D eigenvalue weighted by Gasteiger charge is 2.11. The second-order valence-corrected chi connectivity index (χ2v) is 6.05. The van der Waals surface area contributed by atoms with E-state index in [0.717, 1.165) is 5.56 Å². The Hall–Kier alpha value is -3.49. The lowest BCUT2D eigenvalue weighted by molar-refractivity contribution is 0.0949. The summed E-state index contributed by atoms with van der Waals surface area (Å²) in [5.74, 6) is 0.695. The second kappa shape index (κ2) is 8.26. The van der Waals surface area contributed by atoms with E-state index in [4.69, 9.17) is 4.74 Å². The van der Waals surface area contributed by atoms with Crippen molar-refractivity contribution in [2.45, 2.75) is 13.1 Å². The molecular weight excluding hydrogens is 346 g/mol. The first-order chi connectivity index (χ1) is 13.0. The molecule has 1 N–H and O–H groups in total. The first-order valence-electron chi connectivity index (χ1n) is 8.34. The zero-order chi connectivity index (χ0) is 19.2. The summed E-state index contributed by atoms with van der Waals surface area (Å²) in [5, 5.41) is 2.82. The molecule has 2 aromatic heterocycles. The minimum Gasteiger partial charge on any atom is -0.467 e. The number of ether oxygens (including phenoxy) is 1. The molecular formula is C18H21N7O2. The van der Waals surface area contributed by atoms with Crippen LogP contribution in [0.1, 0.15) is 21.7 Å². The summed E-state index contributed by atoms with van der Waals surface area (Å²) in [5.41, 5.74) is 1.65. The number of carbonyl (C=O) groups excluding carboxylic acids is 1. The fourth-order valence-electron chi connectivity index (χ4n) is 2.37. The van der Waals surface area contributed by atoms with Gasteiger partial charge in [-0.25, -0.2) is 4.98 Å². The van der Waals surface area contributed by atoms with Crippen LogP contribution in [0.5, 0.6) is 6.01 Å². The predicted molar refractivity (Wildman–Crippen MR) is 99.6 cm³/mol. The van der Waals surface area contributed by atoms with Crippen molar-refractivity contribution in [1.29, 1.82) is 0 Å². The highest BCUT2D eigenvalue weighted by Crippen LogP contribution is 2.10. The van der Waals surface area contributed by atoms with E-state index in [1.54, 1.807) is 29.6 Å². The van der Waals surface area contributed by atoms with Gasteiger partial charge in [0, 0.05) is 38.6 Å². The molecule has 0 saturated carbocycles. The van der Waals surface area contributed by atoms with Gasteiger partial charge in [0.2, 0.25) is 5.95 Å². The van der Waals surface area contributed by atoms with Crippen molar-refractivity contribution >= 4 is 11.9 Å². The van der Waals surface area contributed by atoms with E-state index in [1.807, 2.05) is 37.0 Å². The van der Waals surface area contributed by atoms with Crippen LogP contribution < -0.4 is 15.0 Å². The zero-order valence-corrected chi connectivity index (χ0v) is 15.5. The molecule has 0 aliphatic heterocycles. The summed E-state index contributed by atoms with van der Waals surface area (Å²) < 4.78 is 7.05. The molecule has 0 saturated heterocycles. The third-order valence-electron chi connectivity index (χ3n) is 3.78. The number of rotatable bonds is 7. The Morgan fingerprint density at radius 3 is 2.59 bits per heavy atom. The van der Waals surface area contributed by atoms with E-state index in [0.29, 0.717) is 23.9 Å². The molecule has 0 aliphatic carbocycles. The molecule has 0 fully saturated rings. The molecule has 0 aliphatic rings. The minimum absolute atomic E-state index is 0.176. The number of hydrogen-bond acceptors (Lipinski definition) is 7. The molecule has 140 valence electrons. The number of nitrogens with one attached hydrogen (secondary N) is 1. The van der Waals surface area contributed by atoms with Crippen molar-refractivity contribution in [3.05, 3.63) is 59.9 Å². The fourth-order valence-corrected chi connectivity index (χ4v) is 2.37. The summed E-state index contributed by atoms with van der Waals surface area (Å²) in [6, 6.07) is 7.64. The summed E-state index contributed by atoms with van der Waals surface area (Å²) in [6.45, 7) is 0.884. The highest BCUT2D eigenvalue weighted by atomic mass is 16.5. The normalized spacial score (nSPS) is 10.5. The topological polar surface area (TPSA) is 98.1 Å². The molecule has 0 atom stereocenters. The Bertz CT molecular complexity index is 893. The summed E-state index contributed by atoms with van der Waals surface area (Å²) in [4.78, 5) is 30.7. The maximum absolute atomic E-state index is 12.4. The molecule has 1 amide bonds. The van der Waals surface area contributed by atoms with Gasteiger partial charge in [0.15, 0.2) is 5.82 Å². The Balaban J connectivity index is 1.63. The Labute approximate surface area is 157 Å². The van der Waals surface area contributed by atoms with Gasteiger partial charge in [-0.05, 0) is 17.7 Å². The molecule has 0 unspecified atom stereocenters. The number of aromatic nitrogens is 5. The van der Waals surface area contributed by atoms with Gasteiger partial charge < -0.3 is 19.5 Å². The molecule has 9 nitrogen and oxygen atoms in total. The van der Waals surface area contributed by atoms with Crippen LogP contribution >= 0.6 is 0 Å². The maximum atomic E-state index is 12.4. The lowest BCUT2D eigenvalue weighted by Crippen LogP contribution is -2.25. The van der Waals surface area contributed by atoms with Crippen LogP contribution in [-0.4, -0.2) is 51.6 Å². The lowest BCUT2D eigenvalue weighted by Gasteiger charge is -2.12. The first-order valence-corrected chi connectivity index (χ1v) is 8.34. The van der Waals surface area contributed by atoms with Crippen LogP contribution in [-0.2, 0) is 13.1 Å². The fraction of sp³-hybridized carbons (Fsp3) is 0.278. The van der Waals surface area contributed by atoms with Gasteiger partial charge >= 0.3 is 6.01 Å². The van der Waals surface area contributed by atoms with Crippen LogP contribution in [0.2, 0.25) is 0 Å². The van der Waals surface area contributed by atoms with Crippen molar-refractivity contribution < 1.29 is 9.53 Å². The molecule has 27 heavy (non-hydrogen) atoms. The van der Waals surface area contributed by atoms with Crippen molar-refractivity contribution in [1.82, 2.24) is 29.8 Å². The molecule has 1 aromatic carbocycles. The summed E-state index contributed by atoms with van der Waals surface area (Å²) >= 11 is 0. The quantitative estimate of drug-likeness (QED) is 0.668. The molecule has 0 radical (unpaired) electrons. The third-order valence-corrected chi connectivity index (χ3v) is 3.78. The van der Waals surface area contributed by atoms with Crippen LogP contribution in [0.15, 0.2) is 43.0 Å². The average molecular weight is 367 g/mol. The Kier molecular flexibility index (Phi) is 5.60. The van der Waals surface area contributed by atoms with E-state index in [2.05, 4.69) is 25.3 Å². The standard InChI is InChI=1S/C18H21N7O2/c1-24(2)17-21-15(22-18(23-17)27-3)10-20-16(26)14-6-4-13(5-7-14)11-25-9-8-19-12-25/h4-9,12H,10-11H2,1-3H3,(H,20,26). The molecule has 0 bridgehead atoms. The van der Waals surface area contributed by atoms with Crippen LogP contribution in [0, 0.1) is 0 Å². The van der Waals surface area contributed by atoms with Crippen LogP contribution in [0.25, 0.3) is 0 Å². The third kappa shape index (κ3) is 4.78. The van der Waals surface area contributed by atoms with E-state index in [9.17, 15) is 4.79 Å². The number of amides is 1. The van der Waals surface area contributed by atoms with Gasteiger partial charge in [0.1, 0.15) is 0 Å². The molecule has 3 aromatic rings. The first kappa shape index (κ1) is 18.3. The minimum atomic E-state index is -0.199. The van der Waals surface area contributed by atoms with E-state index >= 15 is 0 Å². The molecule has 9 heteroatoms. The van der Waals surface area contributed by atoms with Gasteiger partial charge in [-0.15, -0.1) is 0 Å². The van der Waals surface area contributed by atoms with Gasteiger partial charge in [-0.1, -0.05) is 12.1 Å². The van der Waals surface area contributed by atoms with Crippen molar-refractivity contribution in [2.75, 3.05) is 26.1 Å². The number of anilines is 1. The number of hydrogen-bond donors (Lipinski definition) is 1. The predicted octanol–water partition coefficient (Wildman–Crippen LogP) is 1.12. The number of methoxy groups -OCH3 is 1. The number of imidazole rings is 1. The Morgan fingerprint density at radius 1 is 1.19 bits per heavy atom. The monoisotopic (exact) mass is 367 g/mol. The highest BCUT2D eigenvalue weighted by molar-refractivity contribution is 5.94. The molecule has 0 spiro atoms. The number of benzene rings is 1. The summed E-state index contributed by atoms with van der Waals surface area (Å²) in [6.07, 6.45) is 5.39. The van der Waals surface area contributed by atoms with Crippen molar-refractivity contribution in [3.63, 3.8) is 0 Å². The zero-order valence-electron chi connectivity index (χ0n) is 15.5. The summed E-state index contributed by atoms with van der Waals surface area (Å²) in [7, 11) is 5.13. The van der Waals surface area contributed by atoms with Gasteiger partial charge in [0.05, 0.1) is 20.0 Å². The Morgan fingerprint density at radius 2 is 1.96 bits per heavy atom. The maximum Gasteiger partial charge on any atom is 0.321 e. The van der Waals surface area contributed by atoms with Crippen molar-refractivity contribution in [3.8, 4) is 6.01 Å². The number of carbonyl (C=O) groups is 1. The molecule has 3 rings (SSSR count). The SMILES string of the molecule is COc1nc(CNC(=O)c2ccc(Cn3ccnc3)cc2)nc(N(C)C)n1. The van der Waals surface area contributed by atoms with Crippen LogP contribution in [0.4, 0.5) is 5.95 Å². The van der Waals surface area contributed by atoms with E-state index in [-0.39, 0.29) is 18.5 Å². The van der Waals surface area contributed by atoms with Gasteiger partial charge in [-0.3, -0.25) is 4.79 Å².